The van der Waals surface area contributed by atoms with E-state index < -0.39 is 5.82 Å². The van der Waals surface area contributed by atoms with E-state index in [1.165, 1.54) is 12.1 Å². The summed E-state index contributed by atoms with van der Waals surface area (Å²) >= 11 is 14.1. The predicted molar refractivity (Wildman–Crippen MR) is 128 cm³/mol. The van der Waals surface area contributed by atoms with Gasteiger partial charge in [0.05, 0.1) is 40.6 Å². The summed E-state index contributed by atoms with van der Waals surface area (Å²) in [5.41, 5.74) is 1.00. The third-order valence-electron chi connectivity index (χ3n) is 6.61. The monoisotopic (exact) mass is 511 g/mol. The van der Waals surface area contributed by atoms with Crippen molar-refractivity contribution in [2.24, 2.45) is 0 Å². The smallest absolute Gasteiger partial charge is 0.255 e. The molecule has 176 valence electrons. The van der Waals surface area contributed by atoms with E-state index in [9.17, 15) is 14.3 Å². The molecule has 2 aromatic rings. The second-order valence-corrected chi connectivity index (χ2v) is 10.8. The van der Waals surface area contributed by atoms with Gasteiger partial charge in [-0.15, -0.1) is 0 Å². The highest BCUT2D eigenvalue weighted by atomic mass is 35.5. The van der Waals surface area contributed by atoms with Crippen LogP contribution in [0.2, 0.25) is 10.0 Å². The molecule has 0 radical (unpaired) electrons. The SMILES string of the molecule is CN(Sc1cc(Cl)c(O)c(N2C3CCC2CN(C(=O)c2ccc(F)cc2Cl)C3)c1)C1COC1. The maximum atomic E-state index is 13.4. The molecule has 2 aromatic carbocycles. The molecular weight excluding hydrogens is 488 g/mol. The van der Waals surface area contributed by atoms with E-state index in [0.717, 1.165) is 23.8 Å². The van der Waals surface area contributed by atoms with E-state index in [0.29, 0.717) is 48.6 Å². The summed E-state index contributed by atoms with van der Waals surface area (Å²) in [6.45, 7) is 2.41. The summed E-state index contributed by atoms with van der Waals surface area (Å²) in [4.78, 5) is 18.0. The molecule has 2 bridgehead atoms. The minimum atomic E-state index is -0.470. The van der Waals surface area contributed by atoms with E-state index in [2.05, 4.69) is 9.21 Å². The number of hydrogen-bond donors (Lipinski definition) is 1. The Morgan fingerprint density at radius 1 is 1.15 bits per heavy atom. The zero-order chi connectivity index (χ0) is 23.3. The van der Waals surface area contributed by atoms with Crippen LogP contribution in [0.3, 0.4) is 0 Å². The average Bonchev–Trinajstić information content (AvgIpc) is 2.97. The number of piperazine rings is 1. The molecule has 6 nitrogen and oxygen atoms in total. The van der Waals surface area contributed by atoms with Gasteiger partial charge in [0.2, 0.25) is 0 Å². The number of aromatic hydroxyl groups is 1. The van der Waals surface area contributed by atoms with Crippen LogP contribution in [-0.2, 0) is 4.74 Å². The first-order valence-electron chi connectivity index (χ1n) is 10.9. The fourth-order valence-corrected chi connectivity index (χ4v) is 6.24. The molecule has 3 aliphatic rings. The zero-order valence-electron chi connectivity index (χ0n) is 18.0. The standard InChI is InChI=1S/C23H24Cl2FN3O3S/c1-27(16-11-32-12-16)33-17-7-20(25)22(30)21(8-17)29-14-3-4-15(29)10-28(9-14)23(31)18-5-2-13(26)6-19(18)24/h2,5-8,14-16,30H,3-4,9-12H2,1H3. The van der Waals surface area contributed by atoms with Crippen molar-refractivity contribution in [1.82, 2.24) is 9.21 Å². The van der Waals surface area contributed by atoms with Crippen molar-refractivity contribution in [1.29, 1.82) is 0 Å². The molecule has 0 spiro atoms. The van der Waals surface area contributed by atoms with Crippen LogP contribution in [0.1, 0.15) is 23.2 Å². The third kappa shape index (κ3) is 4.39. The Balaban J connectivity index is 1.36. The van der Waals surface area contributed by atoms with Gasteiger partial charge in [0, 0.05) is 30.1 Å². The highest BCUT2D eigenvalue weighted by Gasteiger charge is 2.43. The molecule has 0 aliphatic carbocycles. The highest BCUT2D eigenvalue weighted by Crippen LogP contribution is 2.45. The lowest BCUT2D eigenvalue weighted by atomic mass is 10.1. The van der Waals surface area contributed by atoms with Gasteiger partial charge in [-0.3, -0.25) is 4.79 Å². The van der Waals surface area contributed by atoms with E-state index in [1.807, 2.05) is 13.1 Å². The summed E-state index contributed by atoms with van der Waals surface area (Å²) in [5, 5.41) is 11.2. The molecule has 1 N–H and O–H groups in total. The number of fused-ring (bicyclic) bond motifs is 2. The number of rotatable bonds is 5. The first-order valence-corrected chi connectivity index (χ1v) is 12.4. The van der Waals surface area contributed by atoms with Crippen molar-refractivity contribution in [2.45, 2.75) is 35.9 Å². The van der Waals surface area contributed by atoms with Crippen LogP contribution in [0.25, 0.3) is 0 Å². The van der Waals surface area contributed by atoms with Gasteiger partial charge in [0.15, 0.2) is 5.75 Å². The first-order chi connectivity index (χ1) is 15.8. The Morgan fingerprint density at radius 3 is 2.45 bits per heavy atom. The summed E-state index contributed by atoms with van der Waals surface area (Å²) in [6, 6.07) is 8.05. The number of phenols is 1. The number of anilines is 1. The van der Waals surface area contributed by atoms with E-state index in [4.69, 9.17) is 27.9 Å². The minimum Gasteiger partial charge on any atom is -0.504 e. The molecule has 3 fully saturated rings. The first kappa shape index (κ1) is 23.1. The molecule has 5 rings (SSSR count). The van der Waals surface area contributed by atoms with E-state index in [1.54, 1.807) is 22.9 Å². The molecule has 1 amide bonds. The summed E-state index contributed by atoms with van der Waals surface area (Å²) in [5.74, 6) is -0.608. The van der Waals surface area contributed by atoms with Crippen molar-refractivity contribution in [3.63, 3.8) is 0 Å². The average molecular weight is 512 g/mol. The molecular formula is C23H24Cl2FN3O3S. The molecule has 0 saturated carbocycles. The van der Waals surface area contributed by atoms with Gasteiger partial charge in [-0.25, -0.2) is 8.70 Å². The maximum Gasteiger partial charge on any atom is 0.255 e. The normalized spacial score (nSPS) is 22.7. The van der Waals surface area contributed by atoms with Crippen LogP contribution in [0, 0.1) is 5.82 Å². The van der Waals surface area contributed by atoms with Crippen LogP contribution in [0.5, 0.6) is 5.75 Å². The number of benzene rings is 2. The van der Waals surface area contributed by atoms with Crippen molar-refractivity contribution in [3.8, 4) is 5.75 Å². The van der Waals surface area contributed by atoms with Crippen molar-refractivity contribution < 1.29 is 19.0 Å². The number of amides is 1. The van der Waals surface area contributed by atoms with Gasteiger partial charge >= 0.3 is 0 Å². The van der Waals surface area contributed by atoms with Crippen LogP contribution in [0.4, 0.5) is 10.1 Å². The summed E-state index contributed by atoms with van der Waals surface area (Å²) in [6.07, 6.45) is 1.80. The second kappa shape index (κ2) is 9.15. The lowest BCUT2D eigenvalue weighted by Crippen LogP contribution is -2.55. The fraction of sp³-hybridized carbons (Fsp3) is 0.435. The Morgan fingerprint density at radius 2 is 1.85 bits per heavy atom. The van der Waals surface area contributed by atoms with Gasteiger partial charge in [-0.2, -0.15) is 0 Å². The number of nitrogens with zero attached hydrogens (tertiary/aromatic N) is 3. The quantitative estimate of drug-likeness (QED) is 0.588. The van der Waals surface area contributed by atoms with Gasteiger partial charge < -0.3 is 19.6 Å². The number of ether oxygens (including phenoxy) is 1. The van der Waals surface area contributed by atoms with Gasteiger partial charge in [-0.1, -0.05) is 23.2 Å². The van der Waals surface area contributed by atoms with E-state index in [-0.39, 0.29) is 28.8 Å². The highest BCUT2D eigenvalue weighted by molar-refractivity contribution is 7.97. The Kier molecular flexibility index (Phi) is 6.39. The Bertz CT molecular complexity index is 1070. The molecule has 3 saturated heterocycles. The van der Waals surface area contributed by atoms with Crippen molar-refractivity contribution in [2.75, 3.05) is 38.3 Å². The van der Waals surface area contributed by atoms with Gasteiger partial charge in [0.25, 0.3) is 5.91 Å². The molecule has 10 heteroatoms. The molecule has 33 heavy (non-hydrogen) atoms. The molecule has 3 aliphatic heterocycles. The molecule has 0 aromatic heterocycles. The predicted octanol–water partition coefficient (Wildman–Crippen LogP) is 4.67. The van der Waals surface area contributed by atoms with Crippen LogP contribution < -0.4 is 4.90 Å². The van der Waals surface area contributed by atoms with Crippen LogP contribution in [-0.4, -0.2) is 71.7 Å². The summed E-state index contributed by atoms with van der Waals surface area (Å²) < 4.78 is 20.8. The zero-order valence-corrected chi connectivity index (χ0v) is 20.3. The van der Waals surface area contributed by atoms with Crippen LogP contribution >= 0.6 is 35.1 Å². The number of hydrogen-bond acceptors (Lipinski definition) is 6. The number of phenolic OH excluding ortho intramolecular Hbond substituents is 1. The molecule has 3 heterocycles. The number of carbonyl (C=O) groups is 1. The number of halogens is 3. The molecule has 2 unspecified atom stereocenters. The fourth-order valence-electron chi connectivity index (χ4n) is 4.78. The second-order valence-electron chi connectivity index (χ2n) is 8.73. The lowest BCUT2D eigenvalue weighted by molar-refractivity contribution is -0.0277. The lowest BCUT2D eigenvalue weighted by Gasteiger charge is -2.43. The summed E-state index contributed by atoms with van der Waals surface area (Å²) in [7, 11) is 2.02. The maximum absolute atomic E-state index is 13.4. The largest absolute Gasteiger partial charge is 0.504 e. The molecule has 2 atom stereocenters. The minimum absolute atomic E-state index is 0.0481. The Labute approximate surface area is 206 Å². The van der Waals surface area contributed by atoms with Gasteiger partial charge in [0.1, 0.15) is 5.82 Å². The van der Waals surface area contributed by atoms with E-state index >= 15 is 0 Å². The number of carbonyl (C=O) groups excluding carboxylic acids is 1. The number of likely N-dealkylation sites (tertiary alicyclic amines) is 1. The Hall–Kier alpha value is -1.71. The van der Waals surface area contributed by atoms with Crippen molar-refractivity contribution >= 4 is 46.7 Å². The topological polar surface area (TPSA) is 56.2 Å². The number of likely N-dealkylation sites (N-methyl/N-ethyl adjacent to an activating group) is 1. The van der Waals surface area contributed by atoms with Crippen molar-refractivity contribution in [3.05, 3.63) is 51.8 Å². The van der Waals surface area contributed by atoms with Gasteiger partial charge in [-0.05, 0) is 62.2 Å². The van der Waals surface area contributed by atoms with Crippen LogP contribution in [0.15, 0.2) is 35.2 Å². The third-order valence-corrected chi connectivity index (χ3v) is 8.24.